The minimum atomic E-state index is 0.380. The van der Waals surface area contributed by atoms with E-state index >= 15 is 0 Å². The van der Waals surface area contributed by atoms with Crippen molar-refractivity contribution in [1.29, 1.82) is 5.26 Å². The van der Waals surface area contributed by atoms with Gasteiger partial charge in [-0.1, -0.05) is 19.8 Å². The van der Waals surface area contributed by atoms with E-state index in [1.54, 1.807) is 4.68 Å². The number of aromatic nitrogens is 2. The van der Waals surface area contributed by atoms with Gasteiger partial charge in [-0.3, -0.25) is 4.68 Å². The normalized spacial score (nSPS) is 18.0. The third kappa shape index (κ3) is 2.28. The van der Waals surface area contributed by atoms with E-state index in [-0.39, 0.29) is 0 Å². The Kier molecular flexibility index (Phi) is 3.10. The zero-order valence-corrected chi connectivity index (χ0v) is 10.9. The molecular weight excluding hydrogens is 212 g/mol. The van der Waals surface area contributed by atoms with Crippen LogP contribution in [0.15, 0.2) is 0 Å². The summed E-state index contributed by atoms with van der Waals surface area (Å²) >= 11 is 0. The van der Waals surface area contributed by atoms with E-state index in [9.17, 15) is 0 Å². The second-order valence-corrected chi connectivity index (χ2v) is 5.42. The first-order chi connectivity index (χ1) is 8.06. The Bertz CT molecular complexity index is 447. The number of rotatable bonds is 3. The second-order valence-electron chi connectivity index (χ2n) is 5.42. The van der Waals surface area contributed by atoms with Gasteiger partial charge in [-0.15, -0.1) is 0 Å². The van der Waals surface area contributed by atoms with Crippen LogP contribution < -0.4 is 5.32 Å². The minimum Gasteiger partial charge on any atom is -0.369 e. The number of hydrogen-bond donors (Lipinski definition) is 1. The van der Waals surface area contributed by atoms with Crippen molar-refractivity contribution < 1.29 is 0 Å². The lowest BCUT2D eigenvalue weighted by atomic mass is 9.89. The van der Waals surface area contributed by atoms with Crippen molar-refractivity contribution in [2.45, 2.75) is 39.5 Å². The molecule has 0 saturated heterocycles. The highest BCUT2D eigenvalue weighted by Gasteiger charge is 2.29. The summed E-state index contributed by atoms with van der Waals surface area (Å²) in [6, 6.07) is 2.23. The van der Waals surface area contributed by atoms with Gasteiger partial charge >= 0.3 is 0 Å². The van der Waals surface area contributed by atoms with Gasteiger partial charge in [0, 0.05) is 13.6 Å². The van der Waals surface area contributed by atoms with Gasteiger partial charge in [0.25, 0.3) is 0 Å². The van der Waals surface area contributed by atoms with Crippen molar-refractivity contribution in [1.82, 2.24) is 9.78 Å². The first-order valence-corrected chi connectivity index (χ1v) is 6.23. The van der Waals surface area contributed by atoms with Crippen molar-refractivity contribution in [3.63, 3.8) is 0 Å². The Morgan fingerprint density at radius 2 is 2.12 bits per heavy atom. The average molecular weight is 232 g/mol. The van der Waals surface area contributed by atoms with Gasteiger partial charge in [0.1, 0.15) is 17.5 Å². The molecule has 2 rings (SSSR count). The topological polar surface area (TPSA) is 53.6 Å². The molecule has 1 fully saturated rings. The molecule has 4 heteroatoms. The zero-order chi connectivity index (χ0) is 12.5. The molecule has 1 saturated carbocycles. The Balaban J connectivity index is 2.11. The maximum absolute atomic E-state index is 9.13. The molecule has 0 spiro atoms. The molecule has 0 amide bonds. The van der Waals surface area contributed by atoms with Gasteiger partial charge < -0.3 is 5.32 Å². The van der Waals surface area contributed by atoms with Crippen LogP contribution in [0.25, 0.3) is 0 Å². The van der Waals surface area contributed by atoms with Crippen molar-refractivity contribution in [2.75, 3.05) is 11.9 Å². The summed E-state index contributed by atoms with van der Waals surface area (Å²) in [6.45, 7) is 5.13. The lowest BCUT2D eigenvalue weighted by molar-refractivity contribution is 0.361. The van der Waals surface area contributed by atoms with Crippen LogP contribution in [0, 0.1) is 23.7 Å². The summed E-state index contributed by atoms with van der Waals surface area (Å²) in [4.78, 5) is 0. The highest BCUT2D eigenvalue weighted by molar-refractivity contribution is 5.55. The summed E-state index contributed by atoms with van der Waals surface area (Å²) in [6.07, 6.45) is 5.21. The van der Waals surface area contributed by atoms with E-state index in [0.29, 0.717) is 11.0 Å². The number of nitrogens with one attached hydrogen (secondary N) is 1. The van der Waals surface area contributed by atoms with E-state index in [0.717, 1.165) is 18.1 Å². The molecule has 1 aliphatic rings. The van der Waals surface area contributed by atoms with E-state index in [4.69, 9.17) is 5.26 Å². The molecule has 4 nitrogen and oxygen atoms in total. The molecule has 17 heavy (non-hydrogen) atoms. The molecule has 1 aromatic rings. The van der Waals surface area contributed by atoms with E-state index in [1.807, 2.05) is 14.0 Å². The minimum absolute atomic E-state index is 0.380. The Morgan fingerprint density at radius 1 is 1.47 bits per heavy atom. The lowest BCUT2D eigenvalue weighted by Crippen LogP contribution is -2.24. The smallest absolute Gasteiger partial charge is 0.142 e. The fourth-order valence-electron chi connectivity index (χ4n) is 2.70. The first kappa shape index (κ1) is 12.0. The van der Waals surface area contributed by atoms with Crippen molar-refractivity contribution in [3.8, 4) is 6.07 Å². The van der Waals surface area contributed by atoms with Crippen LogP contribution in [-0.4, -0.2) is 16.3 Å². The molecule has 92 valence electrons. The molecule has 0 aliphatic heterocycles. The SMILES string of the molecule is Cc1nn(C)c(NCC2(C)CCCC2)c1C#N. The van der Waals surface area contributed by atoms with Gasteiger partial charge in [-0.2, -0.15) is 10.4 Å². The summed E-state index contributed by atoms with van der Waals surface area (Å²) < 4.78 is 1.77. The zero-order valence-electron chi connectivity index (χ0n) is 10.9. The summed E-state index contributed by atoms with van der Waals surface area (Å²) in [5.74, 6) is 0.859. The third-order valence-electron chi connectivity index (χ3n) is 3.83. The van der Waals surface area contributed by atoms with Crippen molar-refractivity contribution in [3.05, 3.63) is 11.3 Å². The fourth-order valence-corrected chi connectivity index (χ4v) is 2.70. The maximum Gasteiger partial charge on any atom is 0.142 e. The van der Waals surface area contributed by atoms with E-state index < -0.39 is 0 Å². The Morgan fingerprint density at radius 3 is 2.71 bits per heavy atom. The molecule has 1 N–H and O–H groups in total. The van der Waals surface area contributed by atoms with Crippen LogP contribution in [0.4, 0.5) is 5.82 Å². The fraction of sp³-hybridized carbons (Fsp3) is 0.692. The Hall–Kier alpha value is -1.50. The number of aryl methyl sites for hydroxylation is 2. The third-order valence-corrected chi connectivity index (χ3v) is 3.83. The number of anilines is 1. The molecule has 0 aromatic carbocycles. The van der Waals surface area contributed by atoms with Gasteiger partial charge in [-0.05, 0) is 25.2 Å². The Labute approximate surface area is 103 Å². The number of hydrogen-bond acceptors (Lipinski definition) is 3. The summed E-state index contributed by atoms with van der Waals surface area (Å²) in [5, 5.41) is 16.8. The molecule has 0 atom stereocenters. The highest BCUT2D eigenvalue weighted by Crippen LogP contribution is 2.37. The molecular formula is C13H20N4. The van der Waals surface area contributed by atoms with Crippen LogP contribution in [0.3, 0.4) is 0 Å². The van der Waals surface area contributed by atoms with Gasteiger partial charge in [-0.25, -0.2) is 0 Å². The highest BCUT2D eigenvalue weighted by atomic mass is 15.3. The lowest BCUT2D eigenvalue weighted by Gasteiger charge is -2.24. The molecule has 0 radical (unpaired) electrons. The molecule has 1 heterocycles. The number of nitriles is 1. The van der Waals surface area contributed by atoms with E-state index in [2.05, 4.69) is 23.4 Å². The largest absolute Gasteiger partial charge is 0.369 e. The average Bonchev–Trinajstić information content (AvgIpc) is 2.81. The van der Waals surface area contributed by atoms with Gasteiger partial charge in [0.05, 0.1) is 5.69 Å². The van der Waals surface area contributed by atoms with Crippen LogP contribution in [0.1, 0.15) is 43.9 Å². The standard InChI is InChI=1S/C13H20N4/c1-10-11(8-14)12(17(3)16-10)15-9-13(2)6-4-5-7-13/h15H,4-7,9H2,1-3H3. The molecule has 1 aliphatic carbocycles. The van der Waals surface area contributed by atoms with Crippen molar-refractivity contribution >= 4 is 5.82 Å². The van der Waals surface area contributed by atoms with Crippen LogP contribution in [-0.2, 0) is 7.05 Å². The second kappa shape index (κ2) is 4.40. The predicted octanol–water partition coefficient (Wildman–Crippen LogP) is 2.59. The quantitative estimate of drug-likeness (QED) is 0.871. The number of nitrogens with zero attached hydrogens (tertiary/aromatic N) is 3. The molecule has 1 aromatic heterocycles. The van der Waals surface area contributed by atoms with Crippen LogP contribution in [0.5, 0.6) is 0 Å². The predicted molar refractivity (Wildman–Crippen MR) is 67.7 cm³/mol. The summed E-state index contributed by atoms with van der Waals surface area (Å²) in [5.41, 5.74) is 1.86. The molecule has 0 unspecified atom stereocenters. The first-order valence-electron chi connectivity index (χ1n) is 6.23. The van der Waals surface area contributed by atoms with Gasteiger partial charge in [0.2, 0.25) is 0 Å². The van der Waals surface area contributed by atoms with Gasteiger partial charge in [0.15, 0.2) is 0 Å². The monoisotopic (exact) mass is 232 g/mol. The maximum atomic E-state index is 9.13. The van der Waals surface area contributed by atoms with Crippen LogP contribution in [0.2, 0.25) is 0 Å². The molecule has 0 bridgehead atoms. The van der Waals surface area contributed by atoms with E-state index in [1.165, 1.54) is 25.7 Å². The summed E-state index contributed by atoms with van der Waals surface area (Å²) in [7, 11) is 1.88. The van der Waals surface area contributed by atoms with Crippen LogP contribution >= 0.6 is 0 Å². The van der Waals surface area contributed by atoms with Crippen molar-refractivity contribution in [2.24, 2.45) is 12.5 Å².